The molecule has 1 rings (SSSR count). The Morgan fingerprint density at radius 1 is 1.45 bits per heavy atom. The summed E-state index contributed by atoms with van der Waals surface area (Å²) < 4.78 is 17.8. The van der Waals surface area contributed by atoms with Crippen molar-refractivity contribution in [2.24, 2.45) is 0 Å². The highest BCUT2D eigenvalue weighted by atomic mass is 79.9. The van der Waals surface area contributed by atoms with E-state index in [1.165, 1.54) is 0 Å². The van der Waals surface area contributed by atoms with Crippen LogP contribution in [0, 0.1) is 0 Å². The molecule has 0 atom stereocenters. The first kappa shape index (κ1) is 11.2. The maximum Gasteiger partial charge on any atom is 0.652 e. The summed E-state index contributed by atoms with van der Waals surface area (Å²) >= 11 is -1.52. The molecular formula is C7H8BrFMgO. The van der Waals surface area contributed by atoms with Gasteiger partial charge in [0.25, 0.3) is 0 Å². The molecule has 0 aliphatic carbocycles. The van der Waals surface area contributed by atoms with Crippen LogP contribution in [-0.2, 0) is 0 Å². The normalized spacial score (nSPS) is 7.82. The molecule has 1 aromatic carbocycles. The first-order chi connectivity index (χ1) is 4.86. The van der Waals surface area contributed by atoms with Crippen molar-refractivity contribution < 1.29 is 7.69 Å². The van der Waals surface area contributed by atoms with Crippen LogP contribution in [0.5, 0.6) is 5.75 Å². The summed E-state index contributed by atoms with van der Waals surface area (Å²) in [4.78, 5) is 0. The van der Waals surface area contributed by atoms with Crippen LogP contribution >= 0.6 is 17.0 Å². The maximum atomic E-state index is 12.1. The van der Waals surface area contributed by atoms with Gasteiger partial charge in [0.2, 0.25) is 0 Å². The van der Waals surface area contributed by atoms with Crippen molar-refractivity contribution >= 4 is 41.6 Å². The van der Waals surface area contributed by atoms with Crippen molar-refractivity contribution in [3.05, 3.63) is 24.3 Å². The van der Waals surface area contributed by atoms with E-state index in [1.807, 2.05) is 6.07 Å². The third kappa shape index (κ3) is 3.40. The summed E-state index contributed by atoms with van der Waals surface area (Å²) in [5.74, 6) is 0.739. The molecule has 0 fully saturated rings. The molecule has 0 unspecified atom stereocenters. The van der Waals surface area contributed by atoms with Gasteiger partial charge >= 0.3 is 20.9 Å². The highest BCUT2D eigenvalue weighted by Gasteiger charge is 1.98. The fraction of sp³-hybridized carbons (Fsp3) is 0.143. The van der Waals surface area contributed by atoms with Gasteiger partial charge in [-0.3, -0.25) is 0 Å². The van der Waals surface area contributed by atoms with Gasteiger partial charge in [-0.25, -0.2) is 0 Å². The van der Waals surface area contributed by atoms with Gasteiger partial charge in [0, 0.05) is 0 Å². The van der Waals surface area contributed by atoms with Gasteiger partial charge in [0.05, 0.1) is 7.11 Å². The molecule has 0 N–H and O–H groups in total. The number of methoxy groups -OCH3 is 1. The van der Waals surface area contributed by atoms with Crippen LogP contribution in [0.4, 0.5) is 2.96 Å². The number of ether oxygens (including phenoxy) is 1. The van der Waals surface area contributed by atoms with Crippen LogP contribution in [0.15, 0.2) is 24.3 Å². The number of hydrogen-bond acceptors (Lipinski definition) is 1. The molecule has 0 heterocycles. The lowest BCUT2D eigenvalue weighted by Crippen LogP contribution is -2.08. The van der Waals surface area contributed by atoms with Crippen LogP contribution in [-0.4, -0.2) is 28.0 Å². The van der Waals surface area contributed by atoms with E-state index in [0.29, 0.717) is 0 Å². The molecule has 58 valence electrons. The molecule has 11 heavy (non-hydrogen) atoms. The van der Waals surface area contributed by atoms with Gasteiger partial charge in [-0.2, -0.15) is 0 Å². The zero-order valence-electron chi connectivity index (χ0n) is 6.21. The molecular weight excluding hydrogens is 223 g/mol. The van der Waals surface area contributed by atoms with Gasteiger partial charge in [0.15, 0.2) is 0 Å². The lowest BCUT2D eigenvalue weighted by Gasteiger charge is -1.99. The van der Waals surface area contributed by atoms with E-state index in [0.717, 1.165) is 9.44 Å². The average molecular weight is 231 g/mol. The Balaban J connectivity index is 0.000001000. The standard InChI is InChI=1S/C7H7O.BrH.FH.Mg/c1-8-7-5-3-2-4-6-7;;;/h2-3,5-6H,1H3;2*1H;/q;;;+1/p-1. The Hall–Kier alpha value is 0.196. The summed E-state index contributed by atoms with van der Waals surface area (Å²) in [6.07, 6.45) is 0. The highest BCUT2D eigenvalue weighted by Crippen LogP contribution is 2.04. The topological polar surface area (TPSA) is 9.23 Å². The lowest BCUT2D eigenvalue weighted by atomic mass is 10.3. The number of benzene rings is 1. The second-order valence-corrected chi connectivity index (χ2v) is 3.07. The quantitative estimate of drug-likeness (QED) is 0.701. The van der Waals surface area contributed by atoms with Gasteiger partial charge in [-0.15, -0.1) is 20.7 Å². The van der Waals surface area contributed by atoms with Crippen molar-refractivity contribution in [2.45, 2.75) is 0 Å². The van der Waals surface area contributed by atoms with Crippen LogP contribution < -0.4 is 8.43 Å². The molecule has 4 heteroatoms. The SMILES string of the molecule is Br.COc1ccc[c]([Mg][F])c1. The molecule has 0 aliphatic rings. The van der Waals surface area contributed by atoms with E-state index in [9.17, 15) is 2.96 Å². The van der Waals surface area contributed by atoms with Crippen molar-refractivity contribution in [1.82, 2.24) is 0 Å². The van der Waals surface area contributed by atoms with E-state index in [4.69, 9.17) is 4.74 Å². The van der Waals surface area contributed by atoms with Gasteiger partial charge in [-0.05, 0) is 12.1 Å². The van der Waals surface area contributed by atoms with Crippen LogP contribution in [0.25, 0.3) is 0 Å². The van der Waals surface area contributed by atoms with Gasteiger partial charge < -0.3 is 7.69 Å². The number of halogens is 2. The smallest absolute Gasteiger partial charge is 0.497 e. The molecule has 0 saturated carbocycles. The average Bonchev–Trinajstić information content (AvgIpc) is 2.05. The summed E-state index contributed by atoms with van der Waals surface area (Å²) in [6, 6.07) is 7.15. The fourth-order valence-corrected chi connectivity index (χ4v) is 1.26. The third-order valence-electron chi connectivity index (χ3n) is 1.29. The first-order valence-corrected chi connectivity index (χ1v) is 4.30. The Morgan fingerprint density at radius 2 is 2.18 bits per heavy atom. The molecule has 0 saturated heterocycles. The van der Waals surface area contributed by atoms with Crippen molar-refractivity contribution in [3.63, 3.8) is 0 Å². The van der Waals surface area contributed by atoms with E-state index in [2.05, 4.69) is 0 Å². The summed E-state index contributed by atoms with van der Waals surface area (Å²) in [7, 11) is 1.58. The van der Waals surface area contributed by atoms with Crippen molar-refractivity contribution in [2.75, 3.05) is 7.11 Å². The second-order valence-electron chi connectivity index (χ2n) is 1.99. The largest absolute Gasteiger partial charge is 0.652 e. The van der Waals surface area contributed by atoms with Gasteiger partial charge in [0.1, 0.15) is 5.75 Å². The Morgan fingerprint density at radius 3 is 2.73 bits per heavy atom. The zero-order chi connectivity index (χ0) is 7.40. The maximum absolute atomic E-state index is 12.1. The lowest BCUT2D eigenvalue weighted by molar-refractivity contribution is 0.415. The monoisotopic (exact) mass is 230 g/mol. The third-order valence-corrected chi connectivity index (χ3v) is 2.04. The predicted molar refractivity (Wildman–Crippen MR) is 49.8 cm³/mol. The van der Waals surface area contributed by atoms with E-state index in [1.54, 1.807) is 25.3 Å². The van der Waals surface area contributed by atoms with Crippen molar-refractivity contribution in [1.29, 1.82) is 0 Å². The molecule has 1 nitrogen and oxygen atoms in total. The molecule has 0 aliphatic heterocycles. The molecule has 0 spiro atoms. The minimum Gasteiger partial charge on any atom is -0.497 e. The summed E-state index contributed by atoms with van der Waals surface area (Å²) in [5, 5.41) is 0. The van der Waals surface area contributed by atoms with Crippen LogP contribution in [0.3, 0.4) is 0 Å². The molecule has 0 aromatic heterocycles. The number of rotatable bonds is 2. The Bertz CT molecular complexity index is 200. The van der Waals surface area contributed by atoms with E-state index >= 15 is 0 Å². The molecule has 0 bridgehead atoms. The van der Waals surface area contributed by atoms with Crippen LogP contribution in [0.2, 0.25) is 0 Å². The number of hydrogen-bond donors (Lipinski definition) is 0. The predicted octanol–water partition coefficient (Wildman–Crippen LogP) is 1.49. The van der Waals surface area contributed by atoms with Gasteiger partial charge in [-0.1, -0.05) is 12.1 Å². The fourth-order valence-electron chi connectivity index (χ4n) is 0.756. The minimum absolute atomic E-state index is 0. The zero-order valence-corrected chi connectivity index (χ0v) is 9.34. The van der Waals surface area contributed by atoms with E-state index < -0.39 is 20.9 Å². The molecule has 0 amide bonds. The van der Waals surface area contributed by atoms with Crippen molar-refractivity contribution in [3.8, 4) is 5.75 Å². The highest BCUT2D eigenvalue weighted by molar-refractivity contribution is 8.93. The Labute approximate surface area is 86.2 Å². The minimum atomic E-state index is -1.52. The summed E-state index contributed by atoms with van der Waals surface area (Å²) in [6.45, 7) is 0. The molecule has 0 radical (unpaired) electrons. The first-order valence-electron chi connectivity index (χ1n) is 3.05. The van der Waals surface area contributed by atoms with E-state index in [-0.39, 0.29) is 17.0 Å². The van der Waals surface area contributed by atoms with Crippen LogP contribution in [0.1, 0.15) is 0 Å². The second kappa shape index (κ2) is 5.80. The molecule has 1 aromatic rings. The Kier molecular flexibility index (Phi) is 5.90. The summed E-state index contributed by atoms with van der Waals surface area (Å²) in [5.41, 5.74) is 0.